The zero-order chi connectivity index (χ0) is 21.2. The first-order chi connectivity index (χ1) is 13.7. The van der Waals surface area contributed by atoms with Gasteiger partial charge in [0, 0.05) is 12.6 Å². The van der Waals surface area contributed by atoms with Gasteiger partial charge in [-0.2, -0.15) is 0 Å². The van der Waals surface area contributed by atoms with Gasteiger partial charge in [0.25, 0.3) is 5.91 Å². The second-order valence-corrected chi connectivity index (χ2v) is 9.07. The van der Waals surface area contributed by atoms with E-state index in [0.717, 1.165) is 17.4 Å². The molecule has 2 unspecified atom stereocenters. The Balaban J connectivity index is 1.64. The van der Waals surface area contributed by atoms with E-state index in [2.05, 4.69) is 5.32 Å². The SMILES string of the molecule is CC(OC(=O)c1ccc2c(c1)CC(C)N2S(C)(=O)=O)C(=O)NCc1ccccc1. The molecule has 2 atom stereocenters. The second-order valence-electron chi connectivity index (χ2n) is 7.21. The first-order valence-electron chi connectivity index (χ1n) is 9.32. The minimum Gasteiger partial charge on any atom is -0.449 e. The Morgan fingerprint density at radius 3 is 2.55 bits per heavy atom. The molecule has 0 saturated carbocycles. The Kier molecular flexibility index (Phi) is 5.93. The number of benzene rings is 2. The molecule has 2 aromatic rings. The number of nitrogens with one attached hydrogen (secondary N) is 1. The van der Waals surface area contributed by atoms with Crippen LogP contribution in [0, 0.1) is 0 Å². The molecule has 0 saturated heterocycles. The molecule has 0 spiro atoms. The molecule has 7 nitrogen and oxygen atoms in total. The maximum absolute atomic E-state index is 12.5. The summed E-state index contributed by atoms with van der Waals surface area (Å²) < 4.78 is 30.6. The normalized spacial score (nSPS) is 16.8. The number of amides is 1. The van der Waals surface area contributed by atoms with Crippen LogP contribution >= 0.6 is 0 Å². The van der Waals surface area contributed by atoms with Crippen molar-refractivity contribution in [3.63, 3.8) is 0 Å². The van der Waals surface area contributed by atoms with Crippen molar-refractivity contribution in [1.82, 2.24) is 5.32 Å². The van der Waals surface area contributed by atoms with E-state index in [-0.39, 0.29) is 17.5 Å². The first-order valence-corrected chi connectivity index (χ1v) is 11.2. The van der Waals surface area contributed by atoms with E-state index in [9.17, 15) is 18.0 Å². The summed E-state index contributed by atoms with van der Waals surface area (Å²) in [7, 11) is -3.39. The van der Waals surface area contributed by atoms with Crippen molar-refractivity contribution in [3.8, 4) is 0 Å². The summed E-state index contributed by atoms with van der Waals surface area (Å²) >= 11 is 0. The lowest BCUT2D eigenvalue weighted by molar-refractivity contribution is -0.129. The average Bonchev–Trinajstić information content (AvgIpc) is 3.01. The zero-order valence-corrected chi connectivity index (χ0v) is 17.4. The molecule has 2 aromatic carbocycles. The fourth-order valence-corrected chi connectivity index (χ4v) is 4.71. The van der Waals surface area contributed by atoms with Crippen LogP contribution in [-0.2, 0) is 32.5 Å². The highest BCUT2D eigenvalue weighted by Crippen LogP contribution is 2.34. The molecule has 154 valence electrons. The standard InChI is InChI=1S/C21H24N2O5S/c1-14-11-18-12-17(9-10-19(18)23(14)29(3,26)27)21(25)28-15(2)20(24)22-13-16-7-5-4-6-8-16/h4-10,12,14-15H,11,13H2,1-3H3,(H,22,24). The van der Waals surface area contributed by atoms with Crippen LogP contribution in [0.25, 0.3) is 0 Å². The summed E-state index contributed by atoms with van der Waals surface area (Å²) in [5.41, 5.74) is 2.57. The maximum atomic E-state index is 12.5. The molecular formula is C21H24N2O5S. The Morgan fingerprint density at radius 2 is 1.90 bits per heavy atom. The minimum absolute atomic E-state index is 0.214. The lowest BCUT2D eigenvalue weighted by Gasteiger charge is -2.22. The summed E-state index contributed by atoms with van der Waals surface area (Å²) in [4.78, 5) is 24.7. The third-order valence-corrected chi connectivity index (χ3v) is 6.06. The second kappa shape index (κ2) is 8.24. The van der Waals surface area contributed by atoms with Crippen LogP contribution in [0.2, 0.25) is 0 Å². The van der Waals surface area contributed by atoms with Crippen LogP contribution in [0.3, 0.4) is 0 Å². The molecule has 1 heterocycles. The van der Waals surface area contributed by atoms with Crippen molar-refractivity contribution < 1.29 is 22.7 Å². The van der Waals surface area contributed by atoms with E-state index in [0.29, 0.717) is 18.7 Å². The maximum Gasteiger partial charge on any atom is 0.338 e. The topological polar surface area (TPSA) is 92.8 Å². The van der Waals surface area contributed by atoms with E-state index in [4.69, 9.17) is 4.74 Å². The van der Waals surface area contributed by atoms with E-state index in [1.54, 1.807) is 12.1 Å². The smallest absolute Gasteiger partial charge is 0.338 e. The van der Waals surface area contributed by atoms with Gasteiger partial charge < -0.3 is 10.1 Å². The predicted octanol–water partition coefficient (Wildman–Crippen LogP) is 2.26. The third kappa shape index (κ3) is 4.76. The summed E-state index contributed by atoms with van der Waals surface area (Å²) in [6.45, 7) is 3.68. The number of ether oxygens (including phenoxy) is 1. The quantitative estimate of drug-likeness (QED) is 0.729. The Hall–Kier alpha value is -2.87. The zero-order valence-electron chi connectivity index (χ0n) is 16.6. The highest BCUT2D eigenvalue weighted by molar-refractivity contribution is 7.92. The van der Waals surface area contributed by atoms with Crippen molar-refractivity contribution >= 4 is 27.6 Å². The number of hydrogen-bond donors (Lipinski definition) is 1. The van der Waals surface area contributed by atoms with Gasteiger partial charge in [0.1, 0.15) is 0 Å². The van der Waals surface area contributed by atoms with Gasteiger partial charge in [0.2, 0.25) is 10.0 Å². The molecule has 0 aromatic heterocycles. The van der Waals surface area contributed by atoms with Crippen LogP contribution in [0.15, 0.2) is 48.5 Å². The van der Waals surface area contributed by atoms with Crippen LogP contribution in [0.1, 0.15) is 35.3 Å². The van der Waals surface area contributed by atoms with Crippen molar-refractivity contribution in [1.29, 1.82) is 0 Å². The Morgan fingerprint density at radius 1 is 1.21 bits per heavy atom. The highest BCUT2D eigenvalue weighted by atomic mass is 32.2. The summed E-state index contributed by atoms with van der Waals surface area (Å²) in [5.74, 6) is -1.01. The molecule has 0 bridgehead atoms. The largest absolute Gasteiger partial charge is 0.449 e. The number of nitrogens with zero attached hydrogens (tertiary/aromatic N) is 1. The van der Waals surface area contributed by atoms with Crippen molar-refractivity contribution in [2.45, 2.75) is 39.0 Å². The van der Waals surface area contributed by atoms with Gasteiger partial charge in [-0.05, 0) is 49.6 Å². The van der Waals surface area contributed by atoms with E-state index >= 15 is 0 Å². The molecule has 8 heteroatoms. The van der Waals surface area contributed by atoms with Gasteiger partial charge in [-0.1, -0.05) is 30.3 Å². The lowest BCUT2D eigenvalue weighted by atomic mass is 10.1. The number of fused-ring (bicyclic) bond motifs is 1. The number of hydrogen-bond acceptors (Lipinski definition) is 5. The minimum atomic E-state index is -3.39. The molecule has 1 aliphatic heterocycles. The Bertz CT molecular complexity index is 1020. The first kappa shape index (κ1) is 20.9. The van der Waals surface area contributed by atoms with Gasteiger partial charge in [-0.3, -0.25) is 9.10 Å². The fourth-order valence-electron chi connectivity index (χ4n) is 3.45. The average molecular weight is 416 g/mol. The number of carbonyl (C=O) groups is 2. The van der Waals surface area contributed by atoms with Gasteiger partial charge in [0.05, 0.1) is 17.5 Å². The number of anilines is 1. The van der Waals surface area contributed by atoms with Crippen LogP contribution < -0.4 is 9.62 Å². The highest BCUT2D eigenvalue weighted by Gasteiger charge is 2.33. The summed E-state index contributed by atoms with van der Waals surface area (Å²) in [6, 6.07) is 14.0. The molecule has 1 N–H and O–H groups in total. The monoisotopic (exact) mass is 416 g/mol. The summed E-state index contributed by atoms with van der Waals surface area (Å²) in [5, 5.41) is 2.74. The fraction of sp³-hybridized carbons (Fsp3) is 0.333. The van der Waals surface area contributed by atoms with Crippen LogP contribution in [-0.4, -0.2) is 38.7 Å². The van der Waals surface area contributed by atoms with Crippen LogP contribution in [0.5, 0.6) is 0 Å². The molecule has 1 aliphatic rings. The van der Waals surface area contributed by atoms with Gasteiger partial charge >= 0.3 is 5.97 Å². The molecule has 0 fully saturated rings. The molecule has 29 heavy (non-hydrogen) atoms. The molecule has 0 aliphatic carbocycles. The van der Waals surface area contributed by atoms with E-state index < -0.39 is 22.1 Å². The number of carbonyl (C=O) groups excluding carboxylic acids is 2. The Labute approximate surface area is 170 Å². The number of esters is 1. The van der Waals surface area contributed by atoms with E-state index in [1.165, 1.54) is 17.3 Å². The van der Waals surface area contributed by atoms with Crippen LogP contribution in [0.4, 0.5) is 5.69 Å². The number of sulfonamides is 1. The van der Waals surface area contributed by atoms with Gasteiger partial charge in [-0.15, -0.1) is 0 Å². The lowest BCUT2D eigenvalue weighted by Crippen LogP contribution is -2.35. The van der Waals surface area contributed by atoms with E-state index in [1.807, 2.05) is 37.3 Å². The van der Waals surface area contributed by atoms with Crippen molar-refractivity contribution in [2.24, 2.45) is 0 Å². The molecule has 1 amide bonds. The van der Waals surface area contributed by atoms with Gasteiger partial charge in [0.15, 0.2) is 6.10 Å². The third-order valence-electron chi connectivity index (χ3n) is 4.79. The predicted molar refractivity (Wildman–Crippen MR) is 110 cm³/mol. The molecular weight excluding hydrogens is 392 g/mol. The van der Waals surface area contributed by atoms with Crippen molar-refractivity contribution in [2.75, 3.05) is 10.6 Å². The molecule has 3 rings (SSSR count). The molecule has 0 radical (unpaired) electrons. The van der Waals surface area contributed by atoms with Crippen molar-refractivity contribution in [3.05, 3.63) is 65.2 Å². The number of rotatable bonds is 6. The summed E-state index contributed by atoms with van der Waals surface area (Å²) in [6.07, 6.45) is 0.721. The van der Waals surface area contributed by atoms with Gasteiger partial charge in [-0.25, -0.2) is 13.2 Å².